The summed E-state index contributed by atoms with van der Waals surface area (Å²) in [7, 11) is 0. The number of nitrogens with one attached hydrogen (secondary N) is 1. The van der Waals surface area contributed by atoms with Crippen molar-refractivity contribution in [2.24, 2.45) is 0 Å². The summed E-state index contributed by atoms with van der Waals surface area (Å²) in [6.07, 6.45) is 1.93. The van der Waals surface area contributed by atoms with Gasteiger partial charge in [0.05, 0.1) is 6.04 Å². The number of rotatable bonds is 2. The Hall–Kier alpha value is -0.870. The third-order valence-corrected chi connectivity index (χ3v) is 2.49. The van der Waals surface area contributed by atoms with Crippen LogP contribution in [0.4, 0.5) is 13.6 Å². The largest absolute Gasteiger partial charge is 0.329 e. The van der Waals surface area contributed by atoms with Crippen molar-refractivity contribution >= 4 is 6.03 Å². The van der Waals surface area contributed by atoms with E-state index in [1.807, 2.05) is 0 Å². The summed E-state index contributed by atoms with van der Waals surface area (Å²) in [4.78, 5) is 13.0. The first-order valence-electron chi connectivity index (χ1n) is 4.84. The average Bonchev–Trinajstić information content (AvgIpc) is 2.53. The summed E-state index contributed by atoms with van der Waals surface area (Å²) < 4.78 is 25.5. The van der Waals surface area contributed by atoms with E-state index in [1.54, 1.807) is 4.90 Å². The molecule has 1 N–H and O–H groups in total. The molecular weight excluding hydrogens is 190 g/mol. The Morgan fingerprint density at radius 1 is 1.43 bits per heavy atom. The van der Waals surface area contributed by atoms with E-state index in [-0.39, 0.29) is 6.03 Å². The molecule has 82 valence electrons. The molecule has 3 nitrogen and oxygen atoms in total. The Balaban J connectivity index is 2.40. The van der Waals surface area contributed by atoms with Crippen molar-refractivity contribution < 1.29 is 13.6 Å². The summed E-state index contributed by atoms with van der Waals surface area (Å²) in [5.41, 5.74) is 0. The van der Waals surface area contributed by atoms with Crippen molar-refractivity contribution in [3.63, 3.8) is 0 Å². The molecule has 0 radical (unpaired) electrons. The Kier molecular flexibility index (Phi) is 3.29. The Morgan fingerprint density at radius 3 is 2.36 bits per heavy atom. The number of halogens is 2. The van der Waals surface area contributed by atoms with Crippen LogP contribution in [0.5, 0.6) is 0 Å². The summed E-state index contributed by atoms with van der Waals surface area (Å²) >= 11 is 0. The van der Waals surface area contributed by atoms with Gasteiger partial charge in [-0.2, -0.15) is 0 Å². The van der Waals surface area contributed by atoms with Crippen LogP contribution in [0.3, 0.4) is 0 Å². The molecule has 1 fully saturated rings. The topological polar surface area (TPSA) is 32.3 Å². The number of likely N-dealkylation sites (tertiary alicyclic amines) is 1. The van der Waals surface area contributed by atoms with E-state index in [9.17, 15) is 13.6 Å². The molecule has 0 aliphatic carbocycles. The van der Waals surface area contributed by atoms with Gasteiger partial charge in [-0.05, 0) is 19.8 Å². The maximum atomic E-state index is 12.7. The van der Waals surface area contributed by atoms with Crippen LogP contribution in [-0.4, -0.2) is 36.0 Å². The number of carbonyl (C=O) groups is 1. The highest BCUT2D eigenvalue weighted by Crippen LogP contribution is 2.17. The van der Waals surface area contributed by atoms with Crippen LogP contribution in [-0.2, 0) is 0 Å². The minimum atomic E-state index is -2.87. The van der Waals surface area contributed by atoms with Crippen molar-refractivity contribution in [3.05, 3.63) is 0 Å². The summed E-state index contributed by atoms with van der Waals surface area (Å²) in [5, 5.41) is 2.30. The number of carbonyl (C=O) groups excluding carboxylic acids is 1. The van der Waals surface area contributed by atoms with E-state index in [2.05, 4.69) is 5.32 Å². The molecule has 0 aromatic rings. The van der Waals surface area contributed by atoms with Crippen LogP contribution in [0.1, 0.15) is 26.7 Å². The van der Waals surface area contributed by atoms with Crippen molar-refractivity contribution in [2.75, 3.05) is 13.1 Å². The molecule has 0 spiro atoms. The summed E-state index contributed by atoms with van der Waals surface area (Å²) in [6.45, 7) is 3.47. The fraction of sp³-hybridized carbons (Fsp3) is 0.889. The van der Waals surface area contributed by atoms with Crippen LogP contribution in [0, 0.1) is 0 Å². The molecule has 1 rings (SSSR count). The van der Waals surface area contributed by atoms with Gasteiger partial charge in [-0.25, -0.2) is 13.6 Å². The predicted octanol–water partition coefficient (Wildman–Crippen LogP) is 1.84. The zero-order valence-corrected chi connectivity index (χ0v) is 8.52. The smallest absolute Gasteiger partial charge is 0.317 e. The zero-order chi connectivity index (χ0) is 10.8. The van der Waals surface area contributed by atoms with Crippen LogP contribution < -0.4 is 5.32 Å². The first-order valence-corrected chi connectivity index (χ1v) is 4.84. The van der Waals surface area contributed by atoms with Crippen molar-refractivity contribution in [2.45, 2.75) is 38.7 Å². The summed E-state index contributed by atoms with van der Waals surface area (Å²) in [6, 6.07) is -1.49. The van der Waals surface area contributed by atoms with Crippen molar-refractivity contribution in [1.82, 2.24) is 10.2 Å². The Labute approximate surface area is 82.5 Å². The lowest BCUT2D eigenvalue weighted by Gasteiger charge is -2.24. The van der Waals surface area contributed by atoms with Crippen molar-refractivity contribution in [1.29, 1.82) is 0 Å². The van der Waals surface area contributed by atoms with E-state index in [0.29, 0.717) is 13.1 Å². The SMILES string of the molecule is C[C@@H](NC(=O)N1CCCC1)C(C)(F)F. The molecule has 0 bridgehead atoms. The second kappa shape index (κ2) is 4.11. The van der Waals surface area contributed by atoms with E-state index in [1.165, 1.54) is 6.92 Å². The van der Waals surface area contributed by atoms with Crippen LogP contribution in [0.2, 0.25) is 0 Å². The highest BCUT2D eigenvalue weighted by Gasteiger charge is 2.32. The molecule has 1 aliphatic rings. The van der Waals surface area contributed by atoms with E-state index < -0.39 is 12.0 Å². The lowest BCUT2D eigenvalue weighted by molar-refractivity contribution is -0.00959. The molecule has 1 heterocycles. The van der Waals surface area contributed by atoms with Gasteiger partial charge >= 0.3 is 6.03 Å². The molecule has 1 saturated heterocycles. The zero-order valence-electron chi connectivity index (χ0n) is 8.52. The van der Waals surface area contributed by atoms with Gasteiger partial charge in [-0.3, -0.25) is 0 Å². The normalized spacial score (nSPS) is 19.6. The number of urea groups is 1. The minimum absolute atomic E-state index is 0.378. The minimum Gasteiger partial charge on any atom is -0.329 e. The molecule has 2 amide bonds. The van der Waals surface area contributed by atoms with Gasteiger partial charge in [0.15, 0.2) is 0 Å². The molecule has 5 heteroatoms. The fourth-order valence-corrected chi connectivity index (χ4v) is 1.32. The number of amides is 2. The lowest BCUT2D eigenvalue weighted by atomic mass is 10.2. The van der Waals surface area contributed by atoms with Gasteiger partial charge in [0.2, 0.25) is 0 Å². The predicted molar refractivity (Wildman–Crippen MR) is 49.4 cm³/mol. The fourth-order valence-electron chi connectivity index (χ4n) is 1.32. The molecule has 1 atom stereocenters. The third-order valence-electron chi connectivity index (χ3n) is 2.49. The maximum Gasteiger partial charge on any atom is 0.317 e. The molecular formula is C9H16F2N2O. The molecule has 0 unspecified atom stereocenters. The Bertz CT molecular complexity index is 209. The Morgan fingerprint density at radius 2 is 1.93 bits per heavy atom. The number of alkyl halides is 2. The first kappa shape index (κ1) is 11.2. The molecule has 14 heavy (non-hydrogen) atoms. The summed E-state index contributed by atoms with van der Waals surface area (Å²) in [5.74, 6) is -2.87. The molecule has 0 aromatic carbocycles. The number of hydrogen-bond donors (Lipinski definition) is 1. The van der Waals surface area contributed by atoms with E-state index >= 15 is 0 Å². The average molecular weight is 206 g/mol. The van der Waals surface area contributed by atoms with Crippen LogP contribution >= 0.6 is 0 Å². The second-order valence-corrected chi connectivity index (χ2v) is 3.82. The molecule has 0 saturated carbocycles. The van der Waals surface area contributed by atoms with Crippen LogP contribution in [0.15, 0.2) is 0 Å². The van der Waals surface area contributed by atoms with Gasteiger partial charge in [0.25, 0.3) is 5.92 Å². The van der Waals surface area contributed by atoms with E-state index in [0.717, 1.165) is 19.8 Å². The maximum absolute atomic E-state index is 12.7. The van der Waals surface area contributed by atoms with Crippen LogP contribution in [0.25, 0.3) is 0 Å². The molecule has 0 aromatic heterocycles. The monoisotopic (exact) mass is 206 g/mol. The van der Waals surface area contributed by atoms with Gasteiger partial charge in [0, 0.05) is 20.0 Å². The standard InChI is InChI=1S/C9H16F2N2O/c1-7(9(2,10)11)12-8(14)13-5-3-4-6-13/h7H,3-6H2,1-2H3,(H,12,14)/t7-/m1/s1. The van der Waals surface area contributed by atoms with Crippen molar-refractivity contribution in [3.8, 4) is 0 Å². The third kappa shape index (κ3) is 2.82. The lowest BCUT2D eigenvalue weighted by Crippen LogP contribution is -2.48. The second-order valence-electron chi connectivity index (χ2n) is 3.82. The highest BCUT2D eigenvalue weighted by molar-refractivity contribution is 5.74. The first-order chi connectivity index (χ1) is 6.41. The van der Waals surface area contributed by atoms with Gasteiger partial charge in [0.1, 0.15) is 0 Å². The quantitative estimate of drug-likeness (QED) is 0.734. The molecule has 1 aliphatic heterocycles. The van der Waals surface area contributed by atoms with Gasteiger partial charge in [-0.15, -0.1) is 0 Å². The number of nitrogens with zero attached hydrogens (tertiary/aromatic N) is 1. The van der Waals surface area contributed by atoms with Gasteiger partial charge in [-0.1, -0.05) is 0 Å². The van der Waals surface area contributed by atoms with Gasteiger partial charge < -0.3 is 10.2 Å². The highest BCUT2D eigenvalue weighted by atomic mass is 19.3. The number of hydrogen-bond acceptors (Lipinski definition) is 1. The van der Waals surface area contributed by atoms with E-state index in [4.69, 9.17) is 0 Å².